The molecule has 0 spiro atoms. The summed E-state index contributed by atoms with van der Waals surface area (Å²) in [6, 6.07) is 5.21. The molecule has 0 heterocycles. The van der Waals surface area contributed by atoms with Gasteiger partial charge in [0, 0.05) is 17.5 Å². The molecule has 0 radical (unpaired) electrons. The van der Waals surface area contributed by atoms with E-state index >= 15 is 0 Å². The highest BCUT2D eigenvalue weighted by Gasteiger charge is 2.24. The van der Waals surface area contributed by atoms with E-state index in [1.54, 1.807) is 18.2 Å². The smallest absolute Gasteiger partial charge is 0.169 e. The molecule has 1 fully saturated rings. The molecular formula is C14H19ClFNO. The van der Waals surface area contributed by atoms with Crippen LogP contribution >= 0.6 is 11.6 Å². The largest absolute Gasteiger partial charge is 0.494 e. The second-order valence-corrected chi connectivity index (χ2v) is 5.33. The van der Waals surface area contributed by atoms with Crippen molar-refractivity contribution in [1.29, 1.82) is 0 Å². The van der Waals surface area contributed by atoms with Crippen molar-refractivity contribution in [2.75, 3.05) is 13.7 Å². The summed E-state index contributed by atoms with van der Waals surface area (Å²) >= 11 is 6.20. The van der Waals surface area contributed by atoms with Gasteiger partial charge in [-0.05, 0) is 31.4 Å². The molecule has 1 aliphatic rings. The molecule has 0 amide bonds. The number of methoxy groups -OCH3 is 1. The van der Waals surface area contributed by atoms with Crippen LogP contribution in [0.3, 0.4) is 0 Å². The average Bonchev–Trinajstić information content (AvgIpc) is 2.77. The van der Waals surface area contributed by atoms with Crippen molar-refractivity contribution >= 4 is 11.6 Å². The fourth-order valence-electron chi connectivity index (χ4n) is 2.46. The van der Waals surface area contributed by atoms with Crippen LogP contribution in [0, 0.1) is 11.7 Å². The maximum atomic E-state index is 13.9. The van der Waals surface area contributed by atoms with Crippen molar-refractivity contribution in [3.63, 3.8) is 0 Å². The first kappa shape index (κ1) is 13.6. The summed E-state index contributed by atoms with van der Waals surface area (Å²) in [5.41, 5.74) is 0.637. The topological polar surface area (TPSA) is 21.3 Å². The van der Waals surface area contributed by atoms with Gasteiger partial charge in [-0.25, -0.2) is 4.39 Å². The lowest BCUT2D eigenvalue weighted by Crippen LogP contribution is -2.25. The van der Waals surface area contributed by atoms with Gasteiger partial charge < -0.3 is 10.1 Å². The van der Waals surface area contributed by atoms with E-state index in [-0.39, 0.29) is 11.2 Å². The first-order chi connectivity index (χ1) is 8.72. The number of alkyl halides is 1. The Bertz CT molecular complexity index is 399. The second kappa shape index (κ2) is 6.39. The van der Waals surface area contributed by atoms with Gasteiger partial charge in [-0.3, -0.25) is 0 Å². The van der Waals surface area contributed by atoms with Crippen LogP contribution in [0.15, 0.2) is 18.2 Å². The summed E-state index contributed by atoms with van der Waals surface area (Å²) in [6.45, 7) is 1.37. The molecule has 0 aromatic heterocycles. The summed E-state index contributed by atoms with van der Waals surface area (Å²) in [7, 11) is 1.48. The fraction of sp³-hybridized carbons (Fsp3) is 0.571. The van der Waals surface area contributed by atoms with Crippen molar-refractivity contribution < 1.29 is 9.13 Å². The Kier molecular flexibility index (Phi) is 4.84. The quantitative estimate of drug-likeness (QED) is 0.830. The lowest BCUT2D eigenvalue weighted by Gasteiger charge is -2.15. The Balaban J connectivity index is 1.86. The highest BCUT2D eigenvalue weighted by Crippen LogP contribution is 2.29. The van der Waals surface area contributed by atoms with Gasteiger partial charge in [0.1, 0.15) is 0 Å². The van der Waals surface area contributed by atoms with Crippen LogP contribution in [0.5, 0.6) is 5.75 Å². The van der Waals surface area contributed by atoms with Gasteiger partial charge in [0.25, 0.3) is 0 Å². The summed E-state index contributed by atoms with van der Waals surface area (Å²) in [5.74, 6) is 0.534. The van der Waals surface area contributed by atoms with E-state index in [0.29, 0.717) is 23.8 Å². The number of nitrogens with one attached hydrogen (secondary N) is 1. The third-order valence-corrected chi connectivity index (χ3v) is 4.13. The van der Waals surface area contributed by atoms with E-state index < -0.39 is 0 Å². The molecule has 0 saturated heterocycles. The number of halogens is 2. The molecule has 1 saturated carbocycles. The van der Waals surface area contributed by atoms with Gasteiger partial charge in [0.2, 0.25) is 0 Å². The number of ether oxygens (including phenoxy) is 1. The predicted molar refractivity (Wildman–Crippen MR) is 71.6 cm³/mol. The lowest BCUT2D eigenvalue weighted by molar-refractivity contribution is 0.382. The maximum Gasteiger partial charge on any atom is 0.169 e. The van der Waals surface area contributed by atoms with E-state index in [4.69, 9.17) is 16.3 Å². The molecule has 2 unspecified atom stereocenters. The number of hydrogen-bond donors (Lipinski definition) is 1. The third kappa shape index (κ3) is 3.15. The molecule has 1 N–H and O–H groups in total. The number of benzene rings is 1. The highest BCUT2D eigenvalue weighted by molar-refractivity contribution is 6.20. The third-order valence-electron chi connectivity index (χ3n) is 3.55. The molecule has 4 heteroatoms. The number of rotatable bonds is 5. The highest BCUT2D eigenvalue weighted by atomic mass is 35.5. The van der Waals surface area contributed by atoms with Gasteiger partial charge in [0.05, 0.1) is 7.11 Å². The van der Waals surface area contributed by atoms with Crippen LogP contribution in [0.1, 0.15) is 24.8 Å². The van der Waals surface area contributed by atoms with Crippen LogP contribution in [-0.2, 0) is 6.54 Å². The van der Waals surface area contributed by atoms with Crippen molar-refractivity contribution in [2.45, 2.75) is 31.2 Å². The SMILES string of the molecule is COc1cccc(CNCC2CCCC2Cl)c1F. The molecule has 0 aliphatic heterocycles. The Hall–Kier alpha value is -0.800. The van der Waals surface area contributed by atoms with Crippen LogP contribution in [0.25, 0.3) is 0 Å². The van der Waals surface area contributed by atoms with Crippen molar-refractivity contribution in [3.05, 3.63) is 29.6 Å². The van der Waals surface area contributed by atoms with E-state index in [0.717, 1.165) is 13.0 Å². The first-order valence-electron chi connectivity index (χ1n) is 6.38. The molecular weight excluding hydrogens is 253 g/mol. The van der Waals surface area contributed by atoms with E-state index in [1.807, 2.05) is 0 Å². The Morgan fingerprint density at radius 1 is 1.44 bits per heavy atom. The van der Waals surface area contributed by atoms with Gasteiger partial charge >= 0.3 is 0 Å². The van der Waals surface area contributed by atoms with Crippen LogP contribution < -0.4 is 10.1 Å². The second-order valence-electron chi connectivity index (χ2n) is 4.77. The van der Waals surface area contributed by atoms with E-state index in [2.05, 4.69) is 5.32 Å². The van der Waals surface area contributed by atoms with Gasteiger partial charge in [-0.2, -0.15) is 0 Å². The Labute approximate surface area is 112 Å². The van der Waals surface area contributed by atoms with Crippen LogP contribution in [0.4, 0.5) is 4.39 Å². The molecule has 2 atom stereocenters. The van der Waals surface area contributed by atoms with Crippen LogP contribution in [0.2, 0.25) is 0 Å². The van der Waals surface area contributed by atoms with Crippen molar-refractivity contribution in [2.24, 2.45) is 5.92 Å². The molecule has 1 aromatic rings. The first-order valence-corrected chi connectivity index (χ1v) is 6.82. The Morgan fingerprint density at radius 2 is 2.28 bits per heavy atom. The minimum absolute atomic E-state index is 0.271. The minimum Gasteiger partial charge on any atom is -0.494 e. The molecule has 18 heavy (non-hydrogen) atoms. The summed E-state index contributed by atoms with van der Waals surface area (Å²) in [5, 5.41) is 3.56. The standard InChI is InChI=1S/C14H19ClFNO/c1-18-13-7-3-5-11(14(13)16)9-17-8-10-4-2-6-12(10)15/h3,5,7,10,12,17H,2,4,6,8-9H2,1H3. The molecule has 1 aromatic carbocycles. The van der Waals surface area contributed by atoms with Crippen LogP contribution in [-0.4, -0.2) is 19.0 Å². The summed E-state index contributed by atoms with van der Waals surface area (Å²) < 4.78 is 18.8. The summed E-state index contributed by atoms with van der Waals surface area (Å²) in [4.78, 5) is 0. The zero-order chi connectivity index (χ0) is 13.0. The zero-order valence-corrected chi connectivity index (χ0v) is 11.3. The fourth-order valence-corrected chi connectivity index (χ4v) is 2.83. The molecule has 100 valence electrons. The number of hydrogen-bond acceptors (Lipinski definition) is 2. The molecule has 1 aliphatic carbocycles. The minimum atomic E-state index is -0.277. The van der Waals surface area contributed by atoms with Gasteiger partial charge in [-0.1, -0.05) is 18.6 Å². The predicted octanol–water partition coefficient (Wildman–Crippen LogP) is 3.33. The molecule has 2 nitrogen and oxygen atoms in total. The van der Waals surface area contributed by atoms with E-state index in [1.165, 1.54) is 20.0 Å². The molecule has 0 bridgehead atoms. The van der Waals surface area contributed by atoms with Crippen molar-refractivity contribution in [3.8, 4) is 5.75 Å². The zero-order valence-electron chi connectivity index (χ0n) is 10.6. The summed E-state index contributed by atoms with van der Waals surface area (Å²) in [6.07, 6.45) is 3.47. The average molecular weight is 272 g/mol. The van der Waals surface area contributed by atoms with E-state index in [9.17, 15) is 4.39 Å². The van der Waals surface area contributed by atoms with Gasteiger partial charge in [0.15, 0.2) is 11.6 Å². The molecule has 2 rings (SSSR count). The maximum absolute atomic E-state index is 13.9. The normalized spacial score (nSPS) is 23.3. The van der Waals surface area contributed by atoms with Gasteiger partial charge in [-0.15, -0.1) is 11.6 Å². The monoisotopic (exact) mass is 271 g/mol. The lowest BCUT2D eigenvalue weighted by atomic mass is 10.1. The van der Waals surface area contributed by atoms with Crippen molar-refractivity contribution in [1.82, 2.24) is 5.32 Å². The Morgan fingerprint density at radius 3 is 2.94 bits per heavy atom.